The van der Waals surface area contributed by atoms with Crippen LogP contribution in [0.5, 0.6) is 5.75 Å². The summed E-state index contributed by atoms with van der Waals surface area (Å²) in [6, 6.07) is 4.59. The molecule has 0 N–H and O–H groups in total. The van der Waals surface area contributed by atoms with E-state index in [4.69, 9.17) is 4.74 Å². The molecule has 0 heterocycles. The third-order valence-electron chi connectivity index (χ3n) is 1.91. The van der Waals surface area contributed by atoms with Crippen LogP contribution in [0.4, 0.5) is 5.69 Å². The summed E-state index contributed by atoms with van der Waals surface area (Å²) in [6.07, 6.45) is 3.67. The number of nitro groups is 1. The van der Waals surface area contributed by atoms with Gasteiger partial charge < -0.3 is 4.74 Å². The van der Waals surface area contributed by atoms with Crippen LogP contribution in [0, 0.1) is 10.1 Å². The summed E-state index contributed by atoms with van der Waals surface area (Å²) in [6.45, 7) is 5.69. The standard InChI is InChI=1S/C12H15NO3/c1-4-5-10-8-11(13(14)15)6-7-12(10)16-9(2)3/h4-9H,1-3H3/b5-4-. The Labute approximate surface area is 94.7 Å². The number of ether oxygens (including phenoxy) is 1. The normalized spacial score (nSPS) is 11.0. The fourth-order valence-corrected chi connectivity index (χ4v) is 1.32. The average molecular weight is 221 g/mol. The van der Waals surface area contributed by atoms with Gasteiger partial charge in [-0.3, -0.25) is 10.1 Å². The van der Waals surface area contributed by atoms with Crippen LogP contribution in [0.25, 0.3) is 6.08 Å². The molecule has 1 rings (SSSR count). The average Bonchev–Trinajstić information content (AvgIpc) is 2.20. The van der Waals surface area contributed by atoms with Crippen LogP contribution in [0.1, 0.15) is 26.3 Å². The van der Waals surface area contributed by atoms with Gasteiger partial charge in [-0.2, -0.15) is 0 Å². The molecule has 0 aromatic heterocycles. The third kappa shape index (κ3) is 3.08. The zero-order valence-corrected chi connectivity index (χ0v) is 9.64. The molecule has 4 nitrogen and oxygen atoms in total. The van der Waals surface area contributed by atoms with E-state index in [0.717, 1.165) is 5.56 Å². The van der Waals surface area contributed by atoms with Crippen molar-refractivity contribution in [2.24, 2.45) is 0 Å². The Balaban J connectivity index is 3.13. The summed E-state index contributed by atoms with van der Waals surface area (Å²) in [5, 5.41) is 10.6. The molecule has 0 aliphatic heterocycles. The number of rotatable bonds is 4. The second kappa shape index (κ2) is 5.30. The minimum absolute atomic E-state index is 0.0467. The van der Waals surface area contributed by atoms with E-state index < -0.39 is 4.92 Å². The number of non-ortho nitro benzene ring substituents is 1. The van der Waals surface area contributed by atoms with Crippen LogP contribution in [0.2, 0.25) is 0 Å². The first-order valence-electron chi connectivity index (χ1n) is 5.12. The Bertz CT molecular complexity index is 411. The Morgan fingerprint density at radius 2 is 2.12 bits per heavy atom. The van der Waals surface area contributed by atoms with Crippen molar-refractivity contribution in [2.45, 2.75) is 26.9 Å². The van der Waals surface area contributed by atoms with Crippen molar-refractivity contribution >= 4 is 11.8 Å². The van der Waals surface area contributed by atoms with Gasteiger partial charge in [0.1, 0.15) is 5.75 Å². The second-order valence-electron chi connectivity index (χ2n) is 3.65. The number of allylic oxidation sites excluding steroid dienone is 1. The third-order valence-corrected chi connectivity index (χ3v) is 1.91. The molecule has 0 bridgehead atoms. The lowest BCUT2D eigenvalue weighted by Gasteiger charge is -2.12. The van der Waals surface area contributed by atoms with Crippen LogP contribution < -0.4 is 4.74 Å². The van der Waals surface area contributed by atoms with Crippen molar-refractivity contribution in [3.63, 3.8) is 0 Å². The van der Waals surface area contributed by atoms with Crippen LogP contribution in [0.3, 0.4) is 0 Å². The predicted octanol–water partition coefficient (Wildman–Crippen LogP) is 3.42. The number of benzene rings is 1. The smallest absolute Gasteiger partial charge is 0.270 e. The predicted molar refractivity (Wildman–Crippen MR) is 63.6 cm³/mol. The minimum atomic E-state index is -0.411. The molecule has 0 atom stereocenters. The molecule has 1 aromatic rings. The Hall–Kier alpha value is -1.84. The molecule has 0 amide bonds. The Kier molecular flexibility index (Phi) is 4.05. The van der Waals surface area contributed by atoms with Crippen molar-refractivity contribution in [1.82, 2.24) is 0 Å². The SMILES string of the molecule is C/C=C\c1cc([N+](=O)[O-])ccc1OC(C)C. The zero-order chi connectivity index (χ0) is 12.1. The van der Waals surface area contributed by atoms with E-state index in [1.54, 1.807) is 12.1 Å². The maximum atomic E-state index is 10.6. The number of nitro benzene ring substituents is 1. The summed E-state index contributed by atoms with van der Waals surface area (Å²) in [4.78, 5) is 10.2. The molecule has 0 aliphatic carbocycles. The van der Waals surface area contributed by atoms with Gasteiger partial charge in [-0.05, 0) is 26.8 Å². The van der Waals surface area contributed by atoms with Crippen molar-refractivity contribution in [3.8, 4) is 5.75 Å². The molecular weight excluding hydrogens is 206 g/mol. The molecule has 86 valence electrons. The van der Waals surface area contributed by atoms with Gasteiger partial charge in [-0.15, -0.1) is 0 Å². The van der Waals surface area contributed by atoms with Crippen LogP contribution in [0.15, 0.2) is 24.3 Å². The molecule has 16 heavy (non-hydrogen) atoms. The number of hydrogen-bond donors (Lipinski definition) is 0. The first-order chi connectivity index (χ1) is 7.54. The maximum absolute atomic E-state index is 10.6. The van der Waals surface area contributed by atoms with Crippen molar-refractivity contribution < 1.29 is 9.66 Å². The van der Waals surface area contributed by atoms with Gasteiger partial charge in [0, 0.05) is 17.7 Å². The summed E-state index contributed by atoms with van der Waals surface area (Å²) in [7, 11) is 0. The van der Waals surface area contributed by atoms with E-state index in [1.165, 1.54) is 12.1 Å². The van der Waals surface area contributed by atoms with Gasteiger partial charge in [-0.1, -0.05) is 12.2 Å². The van der Waals surface area contributed by atoms with Crippen molar-refractivity contribution in [3.05, 3.63) is 40.0 Å². The highest BCUT2D eigenvalue weighted by molar-refractivity contribution is 5.60. The first-order valence-corrected chi connectivity index (χ1v) is 5.12. The van der Waals surface area contributed by atoms with Gasteiger partial charge in [0.2, 0.25) is 0 Å². The number of hydrogen-bond acceptors (Lipinski definition) is 3. The van der Waals surface area contributed by atoms with Gasteiger partial charge >= 0.3 is 0 Å². The van der Waals surface area contributed by atoms with E-state index in [9.17, 15) is 10.1 Å². The topological polar surface area (TPSA) is 52.4 Å². The highest BCUT2D eigenvalue weighted by atomic mass is 16.6. The van der Waals surface area contributed by atoms with Crippen LogP contribution in [-0.2, 0) is 0 Å². The molecule has 1 aromatic carbocycles. The molecule has 0 radical (unpaired) electrons. The summed E-state index contributed by atoms with van der Waals surface area (Å²) in [5.41, 5.74) is 0.801. The fourth-order valence-electron chi connectivity index (χ4n) is 1.32. The maximum Gasteiger partial charge on any atom is 0.270 e. The molecule has 0 aliphatic rings. The minimum Gasteiger partial charge on any atom is -0.490 e. The van der Waals surface area contributed by atoms with E-state index in [2.05, 4.69) is 0 Å². The van der Waals surface area contributed by atoms with E-state index >= 15 is 0 Å². The van der Waals surface area contributed by atoms with E-state index in [0.29, 0.717) is 5.75 Å². The lowest BCUT2D eigenvalue weighted by Crippen LogP contribution is -2.06. The van der Waals surface area contributed by atoms with E-state index in [1.807, 2.05) is 26.8 Å². The molecule has 0 saturated carbocycles. The van der Waals surface area contributed by atoms with Gasteiger partial charge in [-0.25, -0.2) is 0 Å². The lowest BCUT2D eigenvalue weighted by molar-refractivity contribution is -0.384. The van der Waals surface area contributed by atoms with Crippen LogP contribution >= 0.6 is 0 Å². The summed E-state index contributed by atoms with van der Waals surface area (Å²) >= 11 is 0. The largest absolute Gasteiger partial charge is 0.490 e. The Morgan fingerprint density at radius 1 is 1.44 bits per heavy atom. The molecule has 0 saturated heterocycles. The second-order valence-corrected chi connectivity index (χ2v) is 3.65. The van der Waals surface area contributed by atoms with Gasteiger partial charge in [0.15, 0.2) is 0 Å². The molecular formula is C12H15NO3. The highest BCUT2D eigenvalue weighted by Crippen LogP contribution is 2.26. The number of nitrogens with zero attached hydrogens (tertiary/aromatic N) is 1. The summed E-state index contributed by atoms with van der Waals surface area (Å²) < 4.78 is 5.56. The molecule has 0 spiro atoms. The summed E-state index contributed by atoms with van der Waals surface area (Å²) in [5.74, 6) is 0.665. The van der Waals surface area contributed by atoms with E-state index in [-0.39, 0.29) is 11.8 Å². The molecule has 0 unspecified atom stereocenters. The zero-order valence-electron chi connectivity index (χ0n) is 9.64. The van der Waals surface area contributed by atoms with Crippen molar-refractivity contribution in [2.75, 3.05) is 0 Å². The lowest BCUT2D eigenvalue weighted by atomic mass is 10.1. The first kappa shape index (κ1) is 12.2. The molecule has 0 fully saturated rings. The quantitative estimate of drug-likeness (QED) is 0.578. The van der Waals surface area contributed by atoms with Gasteiger partial charge in [0.25, 0.3) is 5.69 Å². The van der Waals surface area contributed by atoms with Crippen molar-refractivity contribution in [1.29, 1.82) is 0 Å². The van der Waals surface area contributed by atoms with Crippen LogP contribution in [-0.4, -0.2) is 11.0 Å². The monoisotopic (exact) mass is 221 g/mol. The Morgan fingerprint density at radius 3 is 2.62 bits per heavy atom. The fraction of sp³-hybridized carbons (Fsp3) is 0.333. The molecule has 4 heteroatoms. The van der Waals surface area contributed by atoms with Gasteiger partial charge in [0.05, 0.1) is 11.0 Å². The highest BCUT2D eigenvalue weighted by Gasteiger charge is 2.10.